The highest BCUT2D eigenvalue weighted by atomic mass is 31.2. The second-order valence-electron chi connectivity index (χ2n) is 28.0. The third kappa shape index (κ3) is 66.0. The van der Waals surface area contributed by atoms with Crippen molar-refractivity contribution in [2.45, 2.75) is 401 Å². The Kier molecular flexibility index (Phi) is 64.3. The maximum atomic E-state index is 13.1. The van der Waals surface area contributed by atoms with E-state index in [1.54, 1.807) is 0 Å². The van der Waals surface area contributed by atoms with E-state index in [1.807, 2.05) is 0 Å². The first-order valence-electron chi connectivity index (χ1n) is 38.9. The van der Waals surface area contributed by atoms with Gasteiger partial charge in [0.15, 0.2) is 12.2 Å². The summed E-state index contributed by atoms with van der Waals surface area (Å²) in [7, 11) is -9.91. The summed E-state index contributed by atoms with van der Waals surface area (Å²) < 4.78 is 68.5. The summed E-state index contributed by atoms with van der Waals surface area (Å²) in [6, 6.07) is 0. The zero-order valence-corrected chi connectivity index (χ0v) is 63.2. The molecule has 3 N–H and O–H groups in total. The van der Waals surface area contributed by atoms with E-state index in [2.05, 4.69) is 48.5 Å². The van der Waals surface area contributed by atoms with Crippen LogP contribution in [-0.2, 0) is 65.4 Å². The number of ether oxygens (including phenoxy) is 4. The molecular weight excluding hydrogens is 1230 g/mol. The van der Waals surface area contributed by atoms with Crippen molar-refractivity contribution in [3.05, 3.63) is 0 Å². The van der Waals surface area contributed by atoms with Gasteiger partial charge in [0, 0.05) is 25.7 Å². The number of hydrogen-bond acceptors (Lipinski definition) is 15. The van der Waals surface area contributed by atoms with Crippen LogP contribution in [0.3, 0.4) is 0 Å². The van der Waals surface area contributed by atoms with E-state index in [4.69, 9.17) is 37.0 Å². The lowest BCUT2D eigenvalue weighted by Crippen LogP contribution is -2.30. The molecule has 0 saturated heterocycles. The smallest absolute Gasteiger partial charge is 0.462 e. The second kappa shape index (κ2) is 65.7. The standard InChI is InChI=1S/C75H146O17P2/c1-8-11-12-13-14-15-16-17-18-19-20-21-22-27-37-44-51-58-74(79)91-70(62-85-72(77)56-49-42-35-26-24-23-25-33-40-47-54-67(6)9-2)64-89-93(81,82)87-60-69(76)61-88-94(83,84)90-65-71(63-86-73(78)57-50-43-36-30-28-32-39-46-53-66(4)5)92-75(80)59-52-45-38-31-29-34-41-48-55-68(7)10-3/h66-71,76H,8-65H2,1-7H3,(H,81,82)(H,83,84)/t67?,68?,69-,70-,71-/m1/s1. The number of aliphatic hydroxyl groups excluding tert-OH is 1. The molecule has 0 fully saturated rings. The van der Waals surface area contributed by atoms with Crippen molar-refractivity contribution in [1.82, 2.24) is 0 Å². The second-order valence-corrected chi connectivity index (χ2v) is 30.9. The lowest BCUT2D eigenvalue weighted by molar-refractivity contribution is -0.161. The summed E-state index contributed by atoms with van der Waals surface area (Å²) in [5, 5.41) is 10.6. The topological polar surface area (TPSA) is 237 Å². The minimum Gasteiger partial charge on any atom is -0.462 e. The first-order chi connectivity index (χ1) is 45.3. The number of aliphatic hydroxyl groups is 1. The lowest BCUT2D eigenvalue weighted by Gasteiger charge is -2.21. The van der Waals surface area contributed by atoms with Crippen LogP contribution in [0.2, 0.25) is 0 Å². The molecule has 0 aromatic heterocycles. The Morgan fingerprint density at radius 2 is 0.543 bits per heavy atom. The normalized spacial score (nSPS) is 14.7. The van der Waals surface area contributed by atoms with Gasteiger partial charge in [0.1, 0.15) is 19.3 Å². The van der Waals surface area contributed by atoms with E-state index >= 15 is 0 Å². The van der Waals surface area contributed by atoms with Crippen molar-refractivity contribution >= 4 is 39.5 Å². The van der Waals surface area contributed by atoms with E-state index in [0.29, 0.717) is 25.7 Å². The van der Waals surface area contributed by atoms with E-state index in [9.17, 15) is 43.2 Å². The molecule has 0 aliphatic carbocycles. The molecule has 0 saturated carbocycles. The van der Waals surface area contributed by atoms with Crippen LogP contribution in [0, 0.1) is 17.8 Å². The fourth-order valence-corrected chi connectivity index (χ4v) is 12.9. The number of carbonyl (C=O) groups excluding carboxylic acids is 4. The molecule has 0 radical (unpaired) electrons. The molecule has 0 amide bonds. The minimum absolute atomic E-state index is 0.104. The SMILES string of the molecule is CCCCCCCCCCCCCCCCCCCC(=O)O[C@H](COC(=O)CCCCCCCCCCCCC(C)CC)COP(=O)(O)OC[C@@H](O)COP(=O)(O)OC[C@@H](COC(=O)CCCCCCCCCCC(C)C)OC(=O)CCCCCCCCCCC(C)CC. The Hall–Kier alpha value is -1.94. The highest BCUT2D eigenvalue weighted by molar-refractivity contribution is 7.47. The van der Waals surface area contributed by atoms with Gasteiger partial charge in [0.2, 0.25) is 0 Å². The molecule has 0 aliphatic heterocycles. The summed E-state index contributed by atoms with van der Waals surface area (Å²) in [6.45, 7) is 11.9. The molecule has 0 spiro atoms. The molecule has 0 aromatic rings. The van der Waals surface area contributed by atoms with Gasteiger partial charge in [-0.05, 0) is 43.4 Å². The van der Waals surface area contributed by atoms with Crippen molar-refractivity contribution in [2.24, 2.45) is 17.8 Å². The molecule has 0 heterocycles. The van der Waals surface area contributed by atoms with Crippen molar-refractivity contribution in [3.63, 3.8) is 0 Å². The van der Waals surface area contributed by atoms with E-state index in [1.165, 1.54) is 193 Å². The molecule has 17 nitrogen and oxygen atoms in total. The number of hydrogen-bond donors (Lipinski definition) is 3. The van der Waals surface area contributed by atoms with Crippen molar-refractivity contribution in [2.75, 3.05) is 39.6 Å². The third-order valence-electron chi connectivity index (χ3n) is 18.1. The van der Waals surface area contributed by atoms with Gasteiger partial charge in [0.25, 0.3) is 0 Å². The fourth-order valence-electron chi connectivity index (χ4n) is 11.4. The van der Waals surface area contributed by atoms with Crippen molar-refractivity contribution in [3.8, 4) is 0 Å². The molecule has 94 heavy (non-hydrogen) atoms. The number of esters is 4. The van der Waals surface area contributed by atoms with Gasteiger partial charge < -0.3 is 33.8 Å². The number of rotatable bonds is 73. The predicted molar refractivity (Wildman–Crippen MR) is 381 cm³/mol. The maximum absolute atomic E-state index is 13.1. The van der Waals surface area contributed by atoms with Crippen LogP contribution in [0.1, 0.15) is 382 Å². The lowest BCUT2D eigenvalue weighted by atomic mass is 9.99. The Bertz CT molecular complexity index is 1840. The largest absolute Gasteiger partial charge is 0.472 e. The Morgan fingerprint density at radius 3 is 0.809 bits per heavy atom. The van der Waals surface area contributed by atoms with Crippen LogP contribution in [0.4, 0.5) is 0 Å². The monoisotopic (exact) mass is 1380 g/mol. The number of unbranched alkanes of at least 4 members (excludes halogenated alkanes) is 39. The molecule has 7 atom stereocenters. The molecule has 0 aromatic carbocycles. The van der Waals surface area contributed by atoms with E-state index in [-0.39, 0.29) is 25.7 Å². The Morgan fingerprint density at radius 1 is 0.309 bits per heavy atom. The number of phosphoric ester groups is 2. The first kappa shape index (κ1) is 92.1. The number of phosphoric acid groups is 2. The molecule has 0 aliphatic rings. The molecule has 0 bridgehead atoms. The molecule has 19 heteroatoms. The molecule has 558 valence electrons. The van der Waals surface area contributed by atoms with Gasteiger partial charge in [-0.3, -0.25) is 37.3 Å². The Labute approximate surface area is 575 Å². The zero-order valence-electron chi connectivity index (χ0n) is 61.4. The van der Waals surface area contributed by atoms with Gasteiger partial charge in [0.05, 0.1) is 26.4 Å². The minimum atomic E-state index is -4.96. The summed E-state index contributed by atoms with van der Waals surface area (Å²) in [6.07, 6.45) is 51.2. The molecule has 4 unspecified atom stereocenters. The summed E-state index contributed by atoms with van der Waals surface area (Å²) >= 11 is 0. The van der Waals surface area contributed by atoms with Crippen LogP contribution in [-0.4, -0.2) is 96.7 Å². The predicted octanol–water partition coefficient (Wildman–Crippen LogP) is 21.8. The highest BCUT2D eigenvalue weighted by Crippen LogP contribution is 2.45. The Balaban J connectivity index is 5.26. The summed E-state index contributed by atoms with van der Waals surface area (Å²) in [4.78, 5) is 72.8. The zero-order chi connectivity index (χ0) is 69.4. The van der Waals surface area contributed by atoms with Crippen LogP contribution in [0.5, 0.6) is 0 Å². The molecular formula is C75H146O17P2. The average Bonchev–Trinajstić information content (AvgIpc) is 1.76. The van der Waals surface area contributed by atoms with Crippen LogP contribution < -0.4 is 0 Å². The maximum Gasteiger partial charge on any atom is 0.472 e. The van der Waals surface area contributed by atoms with Crippen LogP contribution in [0.25, 0.3) is 0 Å². The summed E-state index contributed by atoms with van der Waals surface area (Å²) in [5.41, 5.74) is 0. The van der Waals surface area contributed by atoms with Gasteiger partial charge in [-0.25, -0.2) is 9.13 Å². The average molecular weight is 1380 g/mol. The quantitative estimate of drug-likeness (QED) is 0.0222. The van der Waals surface area contributed by atoms with E-state index in [0.717, 1.165) is 108 Å². The van der Waals surface area contributed by atoms with Gasteiger partial charge >= 0.3 is 39.5 Å². The van der Waals surface area contributed by atoms with Crippen LogP contribution >= 0.6 is 15.6 Å². The van der Waals surface area contributed by atoms with Crippen molar-refractivity contribution < 1.29 is 80.2 Å². The van der Waals surface area contributed by atoms with Crippen molar-refractivity contribution in [1.29, 1.82) is 0 Å². The fraction of sp³-hybridized carbons (Fsp3) is 0.947. The third-order valence-corrected chi connectivity index (χ3v) is 20.0. The van der Waals surface area contributed by atoms with E-state index < -0.39 is 97.5 Å². The van der Waals surface area contributed by atoms with Gasteiger partial charge in [-0.15, -0.1) is 0 Å². The number of carbonyl (C=O) groups is 4. The van der Waals surface area contributed by atoms with Crippen LogP contribution in [0.15, 0.2) is 0 Å². The summed E-state index contributed by atoms with van der Waals surface area (Å²) in [5.74, 6) is 0.185. The molecule has 0 rings (SSSR count). The van der Waals surface area contributed by atoms with Gasteiger partial charge in [-0.1, -0.05) is 331 Å². The first-order valence-corrected chi connectivity index (χ1v) is 41.9. The highest BCUT2D eigenvalue weighted by Gasteiger charge is 2.30. The van der Waals surface area contributed by atoms with Gasteiger partial charge in [-0.2, -0.15) is 0 Å².